The maximum atomic E-state index is 12.4. The number of carbonyl (C=O) groups is 1. The molecule has 2 unspecified atom stereocenters. The van der Waals surface area contributed by atoms with Crippen LogP contribution in [0.4, 0.5) is 0 Å². The highest BCUT2D eigenvalue weighted by atomic mass is 16.2. The van der Waals surface area contributed by atoms with Gasteiger partial charge in [-0.05, 0) is 38.1 Å². The third-order valence-electron chi connectivity index (χ3n) is 3.67. The molecule has 0 saturated carbocycles. The van der Waals surface area contributed by atoms with E-state index in [0.717, 1.165) is 32.0 Å². The topological polar surface area (TPSA) is 32.3 Å². The third kappa shape index (κ3) is 4.30. The number of hydrogen-bond acceptors (Lipinski definition) is 2. The minimum atomic E-state index is 0.0624. The zero-order valence-electron chi connectivity index (χ0n) is 11.8. The van der Waals surface area contributed by atoms with Gasteiger partial charge in [0.25, 0.3) is 0 Å². The smallest absolute Gasteiger partial charge is 0.239 e. The Balaban J connectivity index is 2.54. The second kappa shape index (κ2) is 7.00. The number of amides is 1. The predicted molar refractivity (Wildman–Crippen MR) is 71.9 cm³/mol. The molecule has 1 aliphatic heterocycles. The number of likely N-dealkylation sites (N-methyl/N-ethyl adjacent to an activating group) is 1. The summed E-state index contributed by atoms with van der Waals surface area (Å²) in [5.41, 5.74) is 0. The molecular formula is C14H28N2O. The Labute approximate surface area is 106 Å². The summed E-state index contributed by atoms with van der Waals surface area (Å²) < 4.78 is 0. The SMILES string of the molecule is CCC1CCNC(C(=O)N(CC)CC(C)C)C1. The zero-order chi connectivity index (χ0) is 12.8. The van der Waals surface area contributed by atoms with Crippen LogP contribution in [0.5, 0.6) is 0 Å². The van der Waals surface area contributed by atoms with Crippen LogP contribution in [0.2, 0.25) is 0 Å². The molecule has 0 radical (unpaired) electrons. The molecule has 0 spiro atoms. The van der Waals surface area contributed by atoms with E-state index < -0.39 is 0 Å². The molecule has 1 heterocycles. The maximum Gasteiger partial charge on any atom is 0.239 e. The van der Waals surface area contributed by atoms with E-state index in [1.807, 2.05) is 4.90 Å². The van der Waals surface area contributed by atoms with E-state index in [1.54, 1.807) is 0 Å². The van der Waals surface area contributed by atoms with E-state index in [2.05, 4.69) is 33.0 Å². The van der Waals surface area contributed by atoms with Crippen LogP contribution in [0.1, 0.15) is 47.0 Å². The number of hydrogen-bond donors (Lipinski definition) is 1. The Bertz CT molecular complexity index is 240. The summed E-state index contributed by atoms with van der Waals surface area (Å²) in [6.45, 7) is 11.3. The molecule has 0 aromatic carbocycles. The molecule has 1 N–H and O–H groups in total. The Kier molecular flexibility index (Phi) is 5.96. The van der Waals surface area contributed by atoms with Crippen molar-refractivity contribution in [1.82, 2.24) is 10.2 Å². The molecule has 2 atom stereocenters. The minimum absolute atomic E-state index is 0.0624. The molecule has 1 rings (SSSR count). The first kappa shape index (κ1) is 14.5. The summed E-state index contributed by atoms with van der Waals surface area (Å²) in [5.74, 6) is 1.58. The van der Waals surface area contributed by atoms with Gasteiger partial charge in [-0.15, -0.1) is 0 Å². The number of nitrogens with one attached hydrogen (secondary N) is 1. The van der Waals surface area contributed by atoms with E-state index in [0.29, 0.717) is 11.8 Å². The first-order valence-electron chi connectivity index (χ1n) is 7.10. The van der Waals surface area contributed by atoms with E-state index in [9.17, 15) is 4.79 Å². The number of piperidine rings is 1. The predicted octanol–water partition coefficient (Wildman–Crippen LogP) is 2.27. The van der Waals surface area contributed by atoms with Crippen LogP contribution in [0, 0.1) is 11.8 Å². The summed E-state index contributed by atoms with van der Waals surface area (Å²) >= 11 is 0. The third-order valence-corrected chi connectivity index (χ3v) is 3.67. The van der Waals surface area contributed by atoms with Crippen LogP contribution in [-0.2, 0) is 4.79 Å². The van der Waals surface area contributed by atoms with Crippen LogP contribution in [-0.4, -0.2) is 36.5 Å². The molecule has 17 heavy (non-hydrogen) atoms. The van der Waals surface area contributed by atoms with Gasteiger partial charge in [0.1, 0.15) is 0 Å². The van der Waals surface area contributed by atoms with E-state index >= 15 is 0 Å². The average Bonchev–Trinajstić information content (AvgIpc) is 2.35. The van der Waals surface area contributed by atoms with Gasteiger partial charge in [0.15, 0.2) is 0 Å². The zero-order valence-corrected chi connectivity index (χ0v) is 11.8. The van der Waals surface area contributed by atoms with Crippen LogP contribution < -0.4 is 5.32 Å². The normalized spacial score (nSPS) is 25.0. The number of rotatable bonds is 5. The fraction of sp³-hybridized carbons (Fsp3) is 0.929. The molecule has 1 saturated heterocycles. The van der Waals surface area contributed by atoms with Gasteiger partial charge in [0.05, 0.1) is 6.04 Å². The van der Waals surface area contributed by atoms with Crippen LogP contribution in [0.3, 0.4) is 0 Å². The molecule has 1 fully saturated rings. The van der Waals surface area contributed by atoms with Crippen molar-refractivity contribution in [2.75, 3.05) is 19.6 Å². The lowest BCUT2D eigenvalue weighted by Crippen LogP contribution is -2.51. The molecule has 0 aromatic heterocycles. The van der Waals surface area contributed by atoms with Gasteiger partial charge in [0, 0.05) is 13.1 Å². The molecule has 3 nitrogen and oxygen atoms in total. The quantitative estimate of drug-likeness (QED) is 0.799. The van der Waals surface area contributed by atoms with Gasteiger partial charge in [0.2, 0.25) is 5.91 Å². The van der Waals surface area contributed by atoms with Gasteiger partial charge in [-0.25, -0.2) is 0 Å². The minimum Gasteiger partial charge on any atom is -0.341 e. The van der Waals surface area contributed by atoms with Gasteiger partial charge in [-0.2, -0.15) is 0 Å². The van der Waals surface area contributed by atoms with Crippen LogP contribution >= 0.6 is 0 Å². The lowest BCUT2D eigenvalue weighted by molar-refractivity contribution is -0.134. The fourth-order valence-electron chi connectivity index (χ4n) is 2.59. The van der Waals surface area contributed by atoms with Gasteiger partial charge in [-0.1, -0.05) is 27.2 Å². The molecule has 1 aliphatic rings. The van der Waals surface area contributed by atoms with E-state index in [4.69, 9.17) is 0 Å². The van der Waals surface area contributed by atoms with Crippen molar-refractivity contribution in [3.8, 4) is 0 Å². The highest BCUT2D eigenvalue weighted by Gasteiger charge is 2.28. The van der Waals surface area contributed by atoms with Crippen LogP contribution in [0.15, 0.2) is 0 Å². The highest BCUT2D eigenvalue weighted by molar-refractivity contribution is 5.82. The number of carbonyl (C=O) groups excluding carboxylic acids is 1. The van der Waals surface area contributed by atoms with Crippen molar-refractivity contribution >= 4 is 5.91 Å². The fourth-order valence-corrected chi connectivity index (χ4v) is 2.59. The lowest BCUT2D eigenvalue weighted by Gasteiger charge is -2.33. The summed E-state index contributed by atoms with van der Waals surface area (Å²) in [5, 5.41) is 3.38. The first-order chi connectivity index (χ1) is 8.08. The molecule has 100 valence electrons. The van der Waals surface area contributed by atoms with E-state index in [1.165, 1.54) is 12.8 Å². The lowest BCUT2D eigenvalue weighted by atomic mass is 9.90. The highest BCUT2D eigenvalue weighted by Crippen LogP contribution is 2.20. The maximum absolute atomic E-state index is 12.4. The van der Waals surface area contributed by atoms with Crippen LogP contribution in [0.25, 0.3) is 0 Å². The van der Waals surface area contributed by atoms with Gasteiger partial charge in [-0.3, -0.25) is 4.79 Å². The Morgan fingerprint density at radius 1 is 1.41 bits per heavy atom. The first-order valence-corrected chi connectivity index (χ1v) is 7.10. The van der Waals surface area contributed by atoms with E-state index in [-0.39, 0.29) is 6.04 Å². The van der Waals surface area contributed by atoms with Gasteiger partial charge < -0.3 is 10.2 Å². The van der Waals surface area contributed by atoms with Gasteiger partial charge >= 0.3 is 0 Å². The summed E-state index contributed by atoms with van der Waals surface area (Å²) in [7, 11) is 0. The molecule has 3 heteroatoms. The Morgan fingerprint density at radius 3 is 2.65 bits per heavy atom. The monoisotopic (exact) mass is 240 g/mol. The number of nitrogens with zero attached hydrogens (tertiary/aromatic N) is 1. The molecule has 0 aromatic rings. The van der Waals surface area contributed by atoms with Crippen molar-refractivity contribution in [3.05, 3.63) is 0 Å². The summed E-state index contributed by atoms with van der Waals surface area (Å²) in [6, 6.07) is 0.0624. The second-order valence-corrected chi connectivity index (χ2v) is 5.58. The molecular weight excluding hydrogens is 212 g/mol. The Morgan fingerprint density at radius 2 is 2.12 bits per heavy atom. The average molecular weight is 240 g/mol. The molecule has 1 amide bonds. The molecule has 0 bridgehead atoms. The summed E-state index contributed by atoms with van der Waals surface area (Å²) in [4.78, 5) is 14.4. The van der Waals surface area contributed by atoms with Crippen molar-refractivity contribution in [1.29, 1.82) is 0 Å². The second-order valence-electron chi connectivity index (χ2n) is 5.58. The van der Waals surface area contributed by atoms with Crippen molar-refractivity contribution in [3.63, 3.8) is 0 Å². The van der Waals surface area contributed by atoms with Crippen molar-refractivity contribution in [2.24, 2.45) is 11.8 Å². The molecule has 0 aliphatic carbocycles. The van der Waals surface area contributed by atoms with Crippen molar-refractivity contribution < 1.29 is 4.79 Å². The Hall–Kier alpha value is -0.570. The largest absolute Gasteiger partial charge is 0.341 e. The standard InChI is InChI=1S/C14H28N2O/c1-5-12-7-8-15-13(9-12)14(17)16(6-2)10-11(3)4/h11-13,15H,5-10H2,1-4H3. The summed E-state index contributed by atoms with van der Waals surface area (Å²) in [6.07, 6.45) is 3.43. The van der Waals surface area contributed by atoms with Crippen molar-refractivity contribution in [2.45, 2.75) is 53.0 Å².